The van der Waals surface area contributed by atoms with Gasteiger partial charge in [0.15, 0.2) is 6.17 Å². The largest absolute Gasteiger partial charge is 0.278 e. The van der Waals surface area contributed by atoms with Crippen molar-refractivity contribution in [1.29, 1.82) is 0 Å². The summed E-state index contributed by atoms with van der Waals surface area (Å²) in [5.74, 6) is 0. The summed E-state index contributed by atoms with van der Waals surface area (Å²) < 4.78 is 12.0. The molecule has 0 aliphatic rings. The maximum atomic E-state index is 12.0. The molecule has 0 bridgehead atoms. The Bertz CT molecular complexity index is 84.5. The van der Waals surface area contributed by atoms with Crippen molar-refractivity contribution in [3.63, 3.8) is 0 Å². The van der Waals surface area contributed by atoms with E-state index >= 15 is 0 Å². The summed E-state index contributed by atoms with van der Waals surface area (Å²) in [7, 11) is 0. The lowest BCUT2D eigenvalue weighted by atomic mass is 10.2. The molecular weight excluding hydrogens is 131 g/mol. The average Bonchev–Trinajstić information content (AvgIpc) is 1.67. The molecule has 0 aromatic rings. The molecule has 0 spiro atoms. The van der Waals surface area contributed by atoms with Crippen LogP contribution in [0.3, 0.4) is 0 Å². The maximum absolute atomic E-state index is 12.0. The smallest absolute Gasteiger partial charge is 0.255 e. The Kier molecular flexibility index (Phi) is 3.79. The van der Waals surface area contributed by atoms with Crippen molar-refractivity contribution in [3.8, 4) is 0 Å². The number of halogens is 2. The zero-order valence-electron chi connectivity index (χ0n) is 4.66. The van der Waals surface area contributed by atoms with E-state index in [1.54, 1.807) is 6.92 Å². The van der Waals surface area contributed by atoms with Crippen LogP contribution in [0.5, 0.6) is 0 Å². The summed E-state index contributed by atoms with van der Waals surface area (Å²) >= 11 is 4.79. The van der Waals surface area contributed by atoms with Crippen molar-refractivity contribution in [1.82, 2.24) is 0 Å². The molecular formula is C5H8ClFO. The van der Waals surface area contributed by atoms with Gasteiger partial charge in [0.2, 0.25) is 0 Å². The van der Waals surface area contributed by atoms with E-state index in [4.69, 9.17) is 11.6 Å². The third kappa shape index (κ3) is 2.97. The van der Waals surface area contributed by atoms with E-state index in [1.165, 1.54) is 0 Å². The third-order valence-electron chi connectivity index (χ3n) is 0.788. The Morgan fingerprint density at radius 1 is 1.88 bits per heavy atom. The summed E-state index contributed by atoms with van der Waals surface area (Å²) in [5.41, 5.74) is 0. The molecule has 0 amide bonds. The van der Waals surface area contributed by atoms with Gasteiger partial charge >= 0.3 is 0 Å². The minimum atomic E-state index is -1.46. The Morgan fingerprint density at radius 2 is 2.38 bits per heavy atom. The molecule has 1 atom stereocenters. The molecule has 8 heavy (non-hydrogen) atoms. The van der Waals surface area contributed by atoms with E-state index in [-0.39, 0.29) is 6.42 Å². The van der Waals surface area contributed by atoms with Gasteiger partial charge < -0.3 is 0 Å². The highest BCUT2D eigenvalue weighted by atomic mass is 35.5. The molecule has 1 nitrogen and oxygen atoms in total. The van der Waals surface area contributed by atoms with Crippen molar-refractivity contribution in [2.24, 2.45) is 0 Å². The summed E-state index contributed by atoms with van der Waals surface area (Å²) in [5, 5.41) is -0.883. The summed E-state index contributed by atoms with van der Waals surface area (Å²) in [6.07, 6.45) is -0.566. The number of alkyl halides is 1. The van der Waals surface area contributed by atoms with Crippen LogP contribution in [0.25, 0.3) is 0 Å². The van der Waals surface area contributed by atoms with E-state index in [1.807, 2.05) is 0 Å². The Morgan fingerprint density at radius 3 is 2.50 bits per heavy atom. The average molecular weight is 139 g/mol. The molecule has 0 saturated heterocycles. The Balaban J connectivity index is 3.32. The number of carbonyl (C=O) groups is 1. The van der Waals surface area contributed by atoms with Gasteiger partial charge in [-0.05, 0) is 18.0 Å². The van der Waals surface area contributed by atoms with Crippen LogP contribution < -0.4 is 0 Å². The maximum Gasteiger partial charge on any atom is 0.255 e. The molecule has 3 heteroatoms. The first-order chi connectivity index (χ1) is 3.68. The van der Waals surface area contributed by atoms with E-state index in [9.17, 15) is 9.18 Å². The molecule has 0 fully saturated rings. The van der Waals surface area contributed by atoms with Crippen LogP contribution in [0.2, 0.25) is 0 Å². The molecule has 48 valence electrons. The number of hydrogen-bond donors (Lipinski definition) is 0. The minimum absolute atomic E-state index is 0.238. The summed E-state index contributed by atoms with van der Waals surface area (Å²) in [4.78, 5) is 9.92. The molecule has 0 radical (unpaired) electrons. The Hall–Kier alpha value is -0.110. The molecule has 0 heterocycles. The van der Waals surface area contributed by atoms with E-state index < -0.39 is 11.4 Å². The summed E-state index contributed by atoms with van der Waals surface area (Å²) in [6.45, 7) is 1.80. The van der Waals surface area contributed by atoms with Crippen molar-refractivity contribution in [2.75, 3.05) is 0 Å². The molecule has 1 unspecified atom stereocenters. The highest BCUT2D eigenvalue weighted by Crippen LogP contribution is 2.04. The predicted octanol–water partition coefficient (Wildman–Crippen LogP) is 1.89. The van der Waals surface area contributed by atoms with Gasteiger partial charge in [-0.2, -0.15) is 0 Å². The van der Waals surface area contributed by atoms with Gasteiger partial charge in [-0.3, -0.25) is 4.79 Å². The van der Waals surface area contributed by atoms with Gasteiger partial charge in [0.25, 0.3) is 5.24 Å². The zero-order valence-corrected chi connectivity index (χ0v) is 5.41. The van der Waals surface area contributed by atoms with Gasteiger partial charge in [-0.1, -0.05) is 13.3 Å². The molecule has 0 N–H and O–H groups in total. The zero-order chi connectivity index (χ0) is 6.57. The first-order valence-electron chi connectivity index (χ1n) is 2.52. The number of rotatable bonds is 3. The van der Waals surface area contributed by atoms with Gasteiger partial charge in [-0.15, -0.1) is 0 Å². The topological polar surface area (TPSA) is 17.1 Å². The predicted molar refractivity (Wildman–Crippen MR) is 30.7 cm³/mol. The third-order valence-corrected chi connectivity index (χ3v) is 1.03. The van der Waals surface area contributed by atoms with Gasteiger partial charge in [0.05, 0.1) is 0 Å². The van der Waals surface area contributed by atoms with Crippen molar-refractivity contribution in [2.45, 2.75) is 25.9 Å². The van der Waals surface area contributed by atoms with E-state index in [2.05, 4.69) is 0 Å². The molecule has 0 aromatic heterocycles. The quantitative estimate of drug-likeness (QED) is 0.545. The van der Waals surface area contributed by atoms with Crippen LogP contribution in [-0.2, 0) is 4.79 Å². The fraction of sp³-hybridized carbons (Fsp3) is 0.800. The summed E-state index contributed by atoms with van der Waals surface area (Å²) in [6, 6.07) is 0. The fourth-order valence-corrected chi connectivity index (χ4v) is 0.476. The lowest BCUT2D eigenvalue weighted by Crippen LogP contribution is -2.07. The first kappa shape index (κ1) is 7.89. The fourth-order valence-electron chi connectivity index (χ4n) is 0.367. The SMILES string of the molecule is CCCC(F)C(=O)Cl. The second-order valence-corrected chi connectivity index (χ2v) is 1.93. The minimum Gasteiger partial charge on any atom is -0.278 e. The second kappa shape index (κ2) is 3.84. The Labute approximate surface area is 52.8 Å². The van der Waals surface area contributed by atoms with Crippen molar-refractivity contribution in [3.05, 3.63) is 0 Å². The molecule has 0 aromatic carbocycles. The molecule has 0 rings (SSSR count). The van der Waals surface area contributed by atoms with Crippen molar-refractivity contribution >= 4 is 16.8 Å². The molecule has 0 saturated carbocycles. The lowest BCUT2D eigenvalue weighted by molar-refractivity contribution is -0.116. The van der Waals surface area contributed by atoms with Crippen LogP contribution in [-0.4, -0.2) is 11.4 Å². The van der Waals surface area contributed by atoms with Crippen LogP contribution >= 0.6 is 11.6 Å². The van der Waals surface area contributed by atoms with Crippen molar-refractivity contribution < 1.29 is 9.18 Å². The van der Waals surface area contributed by atoms with Crippen LogP contribution in [0, 0.1) is 0 Å². The highest BCUT2D eigenvalue weighted by molar-refractivity contribution is 6.64. The standard InChI is InChI=1S/C5H8ClFO/c1-2-3-4(7)5(6)8/h4H,2-3H2,1H3. The normalized spacial score (nSPS) is 13.4. The highest BCUT2D eigenvalue weighted by Gasteiger charge is 2.11. The van der Waals surface area contributed by atoms with E-state index in [0.29, 0.717) is 6.42 Å². The van der Waals surface area contributed by atoms with Gasteiger partial charge in [0, 0.05) is 0 Å². The lowest BCUT2D eigenvalue weighted by Gasteiger charge is -1.95. The number of hydrogen-bond acceptors (Lipinski definition) is 1. The van der Waals surface area contributed by atoms with E-state index in [0.717, 1.165) is 0 Å². The molecule has 0 aliphatic carbocycles. The molecule has 0 aliphatic heterocycles. The van der Waals surface area contributed by atoms with Crippen LogP contribution in [0.1, 0.15) is 19.8 Å². The van der Waals surface area contributed by atoms with Gasteiger partial charge in [-0.25, -0.2) is 4.39 Å². The van der Waals surface area contributed by atoms with Crippen LogP contribution in [0.4, 0.5) is 4.39 Å². The first-order valence-corrected chi connectivity index (χ1v) is 2.89. The van der Waals surface area contributed by atoms with Crippen LogP contribution in [0.15, 0.2) is 0 Å². The second-order valence-electron chi connectivity index (χ2n) is 1.56. The monoisotopic (exact) mass is 138 g/mol. The number of carbonyl (C=O) groups excluding carboxylic acids is 1. The van der Waals surface area contributed by atoms with Gasteiger partial charge in [0.1, 0.15) is 0 Å².